The number of hydrogen-bond donors (Lipinski definition) is 4. The first-order chi connectivity index (χ1) is 17.5. The van der Waals surface area contributed by atoms with Gasteiger partial charge in [0.05, 0.1) is 23.9 Å². The van der Waals surface area contributed by atoms with Gasteiger partial charge in [0.15, 0.2) is 5.75 Å². The van der Waals surface area contributed by atoms with Gasteiger partial charge in [-0.1, -0.05) is 61.5 Å². The summed E-state index contributed by atoms with van der Waals surface area (Å²) in [6, 6.07) is 22.7. The number of carbonyl (C=O) groups is 1. The maximum atomic E-state index is 13.3. The highest BCUT2D eigenvalue weighted by atomic mass is 16.3. The maximum Gasteiger partial charge on any atom is 0.262 e. The van der Waals surface area contributed by atoms with E-state index in [-0.39, 0.29) is 47.6 Å². The third kappa shape index (κ3) is 4.85. The van der Waals surface area contributed by atoms with Crippen LogP contribution < -0.4 is 26.4 Å². The van der Waals surface area contributed by atoms with E-state index in [1.54, 1.807) is 30.3 Å². The van der Waals surface area contributed by atoms with Crippen LogP contribution in [0.25, 0.3) is 0 Å². The van der Waals surface area contributed by atoms with Crippen molar-refractivity contribution in [1.82, 2.24) is 0 Å². The minimum Gasteiger partial charge on any atom is -0.505 e. The molecule has 0 aliphatic rings. The zero-order chi connectivity index (χ0) is 25.7. The Labute approximate surface area is 208 Å². The van der Waals surface area contributed by atoms with Crippen LogP contribution in [0.3, 0.4) is 0 Å². The largest absolute Gasteiger partial charge is 0.505 e. The number of aromatic hydroxyl groups is 1. The highest BCUT2D eigenvalue weighted by Crippen LogP contribution is 2.34. The van der Waals surface area contributed by atoms with E-state index in [2.05, 4.69) is 10.6 Å². The first kappa shape index (κ1) is 24.7. The van der Waals surface area contributed by atoms with Crippen molar-refractivity contribution in [3.8, 4) is 5.75 Å². The first-order valence-electron chi connectivity index (χ1n) is 11.7. The number of phenols is 1. The number of phenolic OH excluding ortho intramolecular Hbond substituents is 1. The molecule has 0 aromatic heterocycles. The average Bonchev–Trinajstić information content (AvgIpc) is 2.92. The molecule has 8 heteroatoms. The van der Waals surface area contributed by atoms with Gasteiger partial charge < -0.3 is 25.7 Å². The van der Waals surface area contributed by atoms with E-state index in [4.69, 9.17) is 0 Å². The second-order valence-electron chi connectivity index (χ2n) is 8.27. The Balaban J connectivity index is 1.62. The van der Waals surface area contributed by atoms with Crippen molar-refractivity contribution >= 4 is 28.7 Å². The average molecular weight is 486 g/mol. The molecule has 1 amide bonds. The fourth-order valence-electron chi connectivity index (χ4n) is 4.08. The van der Waals surface area contributed by atoms with Gasteiger partial charge in [0.25, 0.3) is 16.8 Å². The molecule has 0 aliphatic carbocycles. The smallest absolute Gasteiger partial charge is 0.262 e. The SMILES string of the molecule is CC[C@@H](Nc1c(Nc2cccc(C(=O)N(CCO)c3ccccc3)c2O)c(=O)c1=O)c1ccccc1. The van der Waals surface area contributed by atoms with Crippen molar-refractivity contribution in [3.05, 3.63) is 110 Å². The van der Waals surface area contributed by atoms with Crippen molar-refractivity contribution < 1.29 is 15.0 Å². The molecule has 184 valence electrons. The van der Waals surface area contributed by atoms with Gasteiger partial charge in [-0.05, 0) is 36.2 Å². The first-order valence-corrected chi connectivity index (χ1v) is 11.7. The zero-order valence-electron chi connectivity index (χ0n) is 19.8. The molecule has 0 radical (unpaired) electrons. The van der Waals surface area contributed by atoms with Crippen LogP contribution in [0.5, 0.6) is 5.75 Å². The van der Waals surface area contributed by atoms with Crippen molar-refractivity contribution in [2.24, 2.45) is 0 Å². The van der Waals surface area contributed by atoms with Crippen LogP contribution in [0, 0.1) is 0 Å². The fourth-order valence-corrected chi connectivity index (χ4v) is 4.08. The van der Waals surface area contributed by atoms with E-state index < -0.39 is 16.8 Å². The van der Waals surface area contributed by atoms with Gasteiger partial charge >= 0.3 is 0 Å². The van der Waals surface area contributed by atoms with E-state index >= 15 is 0 Å². The van der Waals surface area contributed by atoms with Gasteiger partial charge in [-0.25, -0.2) is 0 Å². The molecule has 8 nitrogen and oxygen atoms in total. The van der Waals surface area contributed by atoms with Crippen LogP contribution in [0.4, 0.5) is 22.7 Å². The Morgan fingerprint density at radius 2 is 1.53 bits per heavy atom. The van der Waals surface area contributed by atoms with E-state index in [0.717, 1.165) is 5.56 Å². The number of aliphatic hydroxyl groups is 1. The summed E-state index contributed by atoms with van der Waals surface area (Å²) >= 11 is 0. The van der Waals surface area contributed by atoms with Crippen LogP contribution in [0.15, 0.2) is 88.5 Å². The second-order valence-corrected chi connectivity index (χ2v) is 8.27. The molecule has 4 rings (SSSR count). The van der Waals surface area contributed by atoms with Crippen LogP contribution in [0.2, 0.25) is 0 Å². The molecule has 36 heavy (non-hydrogen) atoms. The minimum absolute atomic E-state index is 0.0127. The highest BCUT2D eigenvalue weighted by Gasteiger charge is 2.26. The van der Waals surface area contributed by atoms with Crippen LogP contribution in [-0.4, -0.2) is 29.3 Å². The number of benzene rings is 3. The van der Waals surface area contributed by atoms with Crippen molar-refractivity contribution in [2.75, 3.05) is 28.7 Å². The Morgan fingerprint density at radius 1 is 0.889 bits per heavy atom. The Bertz CT molecular complexity index is 1410. The number of hydrogen-bond acceptors (Lipinski definition) is 7. The second kappa shape index (κ2) is 10.9. The van der Waals surface area contributed by atoms with Gasteiger partial charge in [0.1, 0.15) is 11.4 Å². The van der Waals surface area contributed by atoms with E-state index in [1.807, 2.05) is 43.3 Å². The lowest BCUT2D eigenvalue weighted by Crippen LogP contribution is -2.37. The highest BCUT2D eigenvalue weighted by molar-refractivity contribution is 6.09. The quantitative estimate of drug-likeness (QED) is 0.198. The topological polar surface area (TPSA) is 119 Å². The van der Waals surface area contributed by atoms with Crippen LogP contribution in [0.1, 0.15) is 35.3 Å². The van der Waals surface area contributed by atoms with Gasteiger partial charge in [0, 0.05) is 12.2 Å². The number of aliphatic hydroxyl groups excluding tert-OH is 1. The van der Waals surface area contributed by atoms with Gasteiger partial charge in [0.2, 0.25) is 0 Å². The summed E-state index contributed by atoms with van der Waals surface area (Å²) in [6.45, 7) is 1.73. The predicted molar refractivity (Wildman–Crippen MR) is 141 cm³/mol. The van der Waals surface area contributed by atoms with Crippen molar-refractivity contribution in [1.29, 1.82) is 0 Å². The number of rotatable bonds is 10. The van der Waals surface area contributed by atoms with Gasteiger partial charge in [-0.3, -0.25) is 14.4 Å². The van der Waals surface area contributed by atoms with Crippen molar-refractivity contribution in [3.63, 3.8) is 0 Å². The molecular weight excluding hydrogens is 458 g/mol. The number of nitrogens with one attached hydrogen (secondary N) is 2. The Kier molecular flexibility index (Phi) is 7.46. The Hall–Kier alpha value is -4.43. The van der Waals surface area contributed by atoms with E-state index in [0.29, 0.717) is 12.1 Å². The standard InChI is InChI=1S/C28H27N3O5/c1-2-21(18-10-5-3-6-11-18)29-23-24(27(35)26(23)34)30-22-15-9-14-20(25(22)33)28(36)31(16-17-32)19-12-7-4-8-13-19/h3-15,21,29-30,32-33H,2,16-17H2,1H3/t21-/m1/s1. The third-order valence-electron chi connectivity index (χ3n) is 6.00. The van der Waals surface area contributed by atoms with E-state index in [9.17, 15) is 24.6 Å². The molecule has 0 saturated heterocycles. The molecule has 4 aromatic rings. The molecule has 0 fully saturated rings. The molecule has 4 N–H and O–H groups in total. The molecule has 0 heterocycles. The molecule has 0 saturated carbocycles. The minimum atomic E-state index is -0.706. The van der Waals surface area contributed by atoms with E-state index in [1.165, 1.54) is 17.0 Å². The van der Waals surface area contributed by atoms with Crippen molar-refractivity contribution in [2.45, 2.75) is 19.4 Å². The molecule has 4 aromatic carbocycles. The molecule has 0 aliphatic heterocycles. The molecule has 1 atom stereocenters. The number of para-hydroxylation sites is 2. The monoisotopic (exact) mass is 485 g/mol. The zero-order valence-corrected chi connectivity index (χ0v) is 19.8. The predicted octanol–water partition coefficient (Wildman–Crippen LogP) is 3.93. The summed E-state index contributed by atoms with van der Waals surface area (Å²) in [5.74, 6) is -0.884. The third-order valence-corrected chi connectivity index (χ3v) is 6.00. The van der Waals surface area contributed by atoms with Crippen LogP contribution in [-0.2, 0) is 0 Å². The lowest BCUT2D eigenvalue weighted by atomic mass is 10.0. The maximum absolute atomic E-state index is 13.3. The number of anilines is 4. The van der Waals surface area contributed by atoms with Gasteiger partial charge in [-0.15, -0.1) is 0 Å². The fraction of sp³-hybridized carbons (Fsp3) is 0.179. The lowest BCUT2D eigenvalue weighted by Gasteiger charge is -2.24. The molecule has 0 unspecified atom stereocenters. The summed E-state index contributed by atoms with van der Waals surface area (Å²) in [5.41, 5.74) is 0.457. The summed E-state index contributed by atoms with van der Waals surface area (Å²) in [4.78, 5) is 39.4. The number of carbonyl (C=O) groups excluding carboxylic acids is 1. The summed E-state index contributed by atoms with van der Waals surface area (Å²) < 4.78 is 0. The summed E-state index contributed by atoms with van der Waals surface area (Å²) in [7, 11) is 0. The number of nitrogens with zero attached hydrogens (tertiary/aromatic N) is 1. The normalized spacial score (nSPS) is 11.7. The summed E-state index contributed by atoms with van der Waals surface area (Å²) in [6.07, 6.45) is 0.678. The number of amides is 1. The molecule has 0 bridgehead atoms. The Morgan fingerprint density at radius 3 is 2.17 bits per heavy atom. The molecule has 0 spiro atoms. The van der Waals surface area contributed by atoms with Gasteiger partial charge in [-0.2, -0.15) is 0 Å². The van der Waals surface area contributed by atoms with Crippen LogP contribution >= 0.6 is 0 Å². The lowest BCUT2D eigenvalue weighted by molar-refractivity contribution is 0.0978. The molecular formula is C28H27N3O5. The summed E-state index contributed by atoms with van der Waals surface area (Å²) in [5, 5.41) is 26.4.